The highest BCUT2D eigenvalue weighted by Crippen LogP contribution is 2.32. The molecule has 0 heterocycles. The maximum Gasteiger partial charge on any atom is 0.131 e. The van der Waals surface area contributed by atoms with E-state index in [1.54, 1.807) is 30.3 Å². The first kappa shape index (κ1) is 15.4. The maximum absolute atomic E-state index is 14.8. The fourth-order valence-electron chi connectivity index (χ4n) is 3.30. The van der Waals surface area contributed by atoms with Crippen molar-refractivity contribution in [2.45, 2.75) is 13.3 Å². The number of hydrogen-bond acceptors (Lipinski definition) is 1. The number of rotatable bonds is 2. The fourth-order valence-corrected chi connectivity index (χ4v) is 3.30. The van der Waals surface area contributed by atoms with Gasteiger partial charge in [-0.15, -0.1) is 0 Å². The predicted molar refractivity (Wildman–Crippen MR) is 101 cm³/mol. The van der Waals surface area contributed by atoms with Crippen molar-refractivity contribution in [3.63, 3.8) is 0 Å². The van der Waals surface area contributed by atoms with Crippen molar-refractivity contribution in [1.29, 1.82) is 5.26 Å². The van der Waals surface area contributed by atoms with Crippen LogP contribution in [0.3, 0.4) is 0 Å². The smallest absolute Gasteiger partial charge is 0.131 e. The molecule has 0 saturated carbocycles. The molecule has 0 aliphatic heterocycles. The Kier molecular flexibility index (Phi) is 3.71. The fraction of sp³-hybridized carbons (Fsp3) is 0.0870. The zero-order valence-corrected chi connectivity index (χ0v) is 13.9. The maximum atomic E-state index is 14.8. The van der Waals surface area contributed by atoms with Crippen LogP contribution in [-0.2, 0) is 6.42 Å². The molecule has 0 saturated heterocycles. The summed E-state index contributed by atoms with van der Waals surface area (Å²) in [5, 5.41) is 13.1. The highest BCUT2D eigenvalue weighted by molar-refractivity contribution is 6.08. The van der Waals surface area contributed by atoms with E-state index in [-0.39, 0.29) is 5.82 Å². The monoisotopic (exact) mass is 325 g/mol. The van der Waals surface area contributed by atoms with Crippen LogP contribution in [-0.4, -0.2) is 0 Å². The van der Waals surface area contributed by atoms with Crippen LogP contribution in [0, 0.1) is 17.1 Å². The summed E-state index contributed by atoms with van der Waals surface area (Å²) >= 11 is 0. The average Bonchev–Trinajstić information content (AvgIpc) is 2.67. The van der Waals surface area contributed by atoms with E-state index in [9.17, 15) is 4.39 Å². The Hall–Kier alpha value is -3.18. The van der Waals surface area contributed by atoms with Crippen molar-refractivity contribution in [3.05, 3.63) is 83.7 Å². The van der Waals surface area contributed by atoms with Crippen molar-refractivity contribution >= 4 is 21.5 Å². The zero-order chi connectivity index (χ0) is 17.4. The Balaban J connectivity index is 1.92. The van der Waals surface area contributed by atoms with Gasteiger partial charge in [0.05, 0.1) is 11.6 Å². The number of hydrogen-bond donors (Lipinski definition) is 0. The van der Waals surface area contributed by atoms with E-state index in [1.165, 1.54) is 5.56 Å². The molecule has 0 aliphatic carbocycles. The van der Waals surface area contributed by atoms with E-state index >= 15 is 0 Å². The number of benzene rings is 4. The number of nitrogens with zero attached hydrogens (tertiary/aromatic N) is 1. The highest BCUT2D eigenvalue weighted by atomic mass is 19.1. The third kappa shape index (κ3) is 2.64. The molecule has 0 spiro atoms. The third-order valence-corrected chi connectivity index (χ3v) is 4.72. The van der Waals surface area contributed by atoms with Gasteiger partial charge in [-0.3, -0.25) is 0 Å². The normalized spacial score (nSPS) is 10.9. The minimum absolute atomic E-state index is 0.246. The second-order valence-electron chi connectivity index (χ2n) is 6.22. The molecule has 4 aromatic carbocycles. The summed E-state index contributed by atoms with van der Waals surface area (Å²) in [6, 6.07) is 23.1. The van der Waals surface area contributed by atoms with Crippen molar-refractivity contribution in [1.82, 2.24) is 0 Å². The second kappa shape index (κ2) is 6.03. The van der Waals surface area contributed by atoms with Crippen LogP contribution in [0.4, 0.5) is 4.39 Å². The lowest BCUT2D eigenvalue weighted by atomic mass is 9.95. The standard InChI is InChI=1S/C23H16FN/c1-2-15-5-10-20-18(11-15)8-9-19-12-22(23(24)13-21(19)20)17-6-3-16(14-25)4-7-17/h3-13H,2H2,1H3. The van der Waals surface area contributed by atoms with Gasteiger partial charge in [0.25, 0.3) is 0 Å². The Morgan fingerprint density at radius 3 is 2.24 bits per heavy atom. The van der Waals surface area contributed by atoms with Gasteiger partial charge >= 0.3 is 0 Å². The van der Waals surface area contributed by atoms with Crippen LogP contribution in [0.25, 0.3) is 32.7 Å². The van der Waals surface area contributed by atoms with Gasteiger partial charge in [-0.2, -0.15) is 5.26 Å². The highest BCUT2D eigenvalue weighted by Gasteiger charge is 2.10. The van der Waals surface area contributed by atoms with E-state index in [4.69, 9.17) is 5.26 Å². The molecule has 0 unspecified atom stereocenters. The van der Waals surface area contributed by atoms with Crippen LogP contribution in [0.15, 0.2) is 66.7 Å². The van der Waals surface area contributed by atoms with Gasteiger partial charge in [0, 0.05) is 5.56 Å². The minimum Gasteiger partial charge on any atom is -0.206 e. The molecule has 25 heavy (non-hydrogen) atoms. The molecule has 4 aromatic rings. The Morgan fingerprint density at radius 1 is 0.840 bits per heavy atom. The molecule has 0 aromatic heterocycles. The van der Waals surface area contributed by atoms with Gasteiger partial charge in [0.15, 0.2) is 0 Å². The average molecular weight is 325 g/mol. The number of halogens is 1. The van der Waals surface area contributed by atoms with Crippen LogP contribution >= 0.6 is 0 Å². The molecule has 2 heteroatoms. The van der Waals surface area contributed by atoms with E-state index < -0.39 is 0 Å². The molecule has 0 bridgehead atoms. The molecule has 0 aliphatic rings. The molecule has 4 rings (SSSR count). The first-order valence-corrected chi connectivity index (χ1v) is 8.35. The van der Waals surface area contributed by atoms with Crippen LogP contribution in [0.5, 0.6) is 0 Å². The molecular weight excluding hydrogens is 309 g/mol. The summed E-state index contributed by atoms with van der Waals surface area (Å²) in [5.41, 5.74) is 3.19. The van der Waals surface area contributed by atoms with Gasteiger partial charge in [-0.25, -0.2) is 4.39 Å². The van der Waals surface area contributed by atoms with Crippen molar-refractivity contribution in [2.75, 3.05) is 0 Å². The van der Waals surface area contributed by atoms with Crippen molar-refractivity contribution in [2.24, 2.45) is 0 Å². The molecule has 120 valence electrons. The molecular formula is C23H16FN. The summed E-state index contributed by atoms with van der Waals surface area (Å²) in [5.74, 6) is -0.246. The van der Waals surface area contributed by atoms with E-state index in [0.29, 0.717) is 11.1 Å². The molecule has 0 atom stereocenters. The number of aryl methyl sites for hydroxylation is 1. The van der Waals surface area contributed by atoms with E-state index in [1.807, 2.05) is 12.1 Å². The quantitative estimate of drug-likeness (QED) is 0.401. The van der Waals surface area contributed by atoms with Crippen molar-refractivity contribution < 1.29 is 4.39 Å². The summed E-state index contributed by atoms with van der Waals surface area (Å²) in [6.07, 6.45) is 0.986. The lowest BCUT2D eigenvalue weighted by Crippen LogP contribution is -1.88. The van der Waals surface area contributed by atoms with Gasteiger partial charge in [-0.05, 0) is 63.4 Å². The SMILES string of the molecule is CCc1ccc2c(ccc3cc(-c4ccc(C#N)cc4)c(F)cc32)c1. The molecule has 1 nitrogen and oxygen atoms in total. The van der Waals surface area contributed by atoms with Crippen LogP contribution in [0.2, 0.25) is 0 Å². The Morgan fingerprint density at radius 2 is 1.56 bits per heavy atom. The predicted octanol–water partition coefficient (Wildman–Crippen LogP) is 6.23. The zero-order valence-electron chi connectivity index (χ0n) is 13.9. The lowest BCUT2D eigenvalue weighted by Gasteiger charge is -2.10. The van der Waals surface area contributed by atoms with Crippen LogP contribution in [0.1, 0.15) is 18.1 Å². The Bertz CT molecular complexity index is 1130. The minimum atomic E-state index is -0.246. The topological polar surface area (TPSA) is 23.8 Å². The van der Waals surface area contributed by atoms with Gasteiger partial charge < -0.3 is 0 Å². The van der Waals surface area contributed by atoms with Crippen molar-refractivity contribution in [3.8, 4) is 17.2 Å². The van der Waals surface area contributed by atoms with E-state index in [0.717, 1.165) is 33.5 Å². The lowest BCUT2D eigenvalue weighted by molar-refractivity contribution is 0.633. The Labute approximate surface area is 146 Å². The summed E-state index contributed by atoms with van der Waals surface area (Å²) in [4.78, 5) is 0. The molecule has 0 radical (unpaired) electrons. The first-order valence-electron chi connectivity index (χ1n) is 8.35. The third-order valence-electron chi connectivity index (χ3n) is 4.72. The molecule has 0 fully saturated rings. The number of fused-ring (bicyclic) bond motifs is 3. The number of nitriles is 1. The largest absolute Gasteiger partial charge is 0.206 e. The van der Waals surface area contributed by atoms with Gasteiger partial charge in [0.1, 0.15) is 5.82 Å². The molecule has 0 N–H and O–H groups in total. The first-order chi connectivity index (χ1) is 12.2. The van der Waals surface area contributed by atoms with Gasteiger partial charge in [-0.1, -0.05) is 49.4 Å². The summed E-state index contributed by atoms with van der Waals surface area (Å²) in [6.45, 7) is 2.13. The second-order valence-corrected chi connectivity index (χ2v) is 6.22. The molecule has 0 amide bonds. The summed E-state index contributed by atoms with van der Waals surface area (Å²) in [7, 11) is 0. The van der Waals surface area contributed by atoms with E-state index in [2.05, 4.69) is 37.3 Å². The van der Waals surface area contributed by atoms with Crippen LogP contribution < -0.4 is 0 Å². The van der Waals surface area contributed by atoms with Gasteiger partial charge in [0.2, 0.25) is 0 Å². The summed E-state index contributed by atoms with van der Waals surface area (Å²) < 4.78 is 14.8.